The Labute approximate surface area is 218 Å². The maximum atomic E-state index is 13.8. The fourth-order valence-corrected chi connectivity index (χ4v) is 9.25. The Hall–Kier alpha value is -3.14. The van der Waals surface area contributed by atoms with Gasteiger partial charge in [0.05, 0.1) is 11.8 Å². The molecule has 1 amide bonds. The highest BCUT2D eigenvalue weighted by molar-refractivity contribution is 5.92. The van der Waals surface area contributed by atoms with E-state index in [0.29, 0.717) is 6.42 Å². The third-order valence-corrected chi connectivity index (χ3v) is 10.2. The number of hydrogen-bond donors (Lipinski definition) is 2. The second-order valence-electron chi connectivity index (χ2n) is 12.6. The molecule has 0 spiro atoms. The van der Waals surface area contributed by atoms with Crippen molar-refractivity contribution in [2.24, 2.45) is 40.9 Å². The van der Waals surface area contributed by atoms with Gasteiger partial charge in [-0.25, -0.2) is 0 Å². The molecule has 3 atom stereocenters. The number of benzene rings is 2. The minimum Gasteiger partial charge on any atom is -0.481 e. The fourth-order valence-electron chi connectivity index (χ4n) is 9.25. The van der Waals surface area contributed by atoms with Crippen LogP contribution in [0.2, 0.25) is 0 Å². The lowest BCUT2D eigenvalue weighted by Crippen LogP contribution is -2.52. The predicted molar refractivity (Wildman–Crippen MR) is 143 cm³/mol. The number of carbonyl (C=O) groups is 2. The van der Waals surface area contributed by atoms with E-state index < -0.39 is 11.9 Å². The smallest absolute Gasteiger partial charge is 0.311 e. The third kappa shape index (κ3) is 3.88. The summed E-state index contributed by atoms with van der Waals surface area (Å²) in [5.74, 6) is 0.363. The van der Waals surface area contributed by atoms with Crippen LogP contribution in [0, 0.1) is 40.9 Å². The van der Waals surface area contributed by atoms with Crippen LogP contribution in [-0.4, -0.2) is 23.5 Å². The molecule has 6 bridgehead atoms. The van der Waals surface area contributed by atoms with Gasteiger partial charge >= 0.3 is 5.97 Å². The van der Waals surface area contributed by atoms with Crippen LogP contribution >= 0.6 is 0 Å². The molecule has 2 aromatic carbocycles. The van der Waals surface area contributed by atoms with Gasteiger partial charge in [-0.2, -0.15) is 0 Å². The lowest BCUT2D eigenvalue weighted by molar-refractivity contribution is -0.141. The molecule has 2 N–H and O–H groups in total. The summed E-state index contributed by atoms with van der Waals surface area (Å²) in [6.45, 7) is 0.757. The van der Waals surface area contributed by atoms with Gasteiger partial charge in [0.25, 0.3) is 0 Å². The van der Waals surface area contributed by atoms with Crippen molar-refractivity contribution in [2.75, 3.05) is 6.54 Å². The first kappa shape index (κ1) is 23.0. The van der Waals surface area contributed by atoms with E-state index in [1.54, 1.807) is 0 Å². The predicted octanol–water partition coefficient (Wildman–Crippen LogP) is 6.10. The average molecular weight is 494 g/mol. The van der Waals surface area contributed by atoms with E-state index >= 15 is 0 Å². The largest absolute Gasteiger partial charge is 0.481 e. The van der Waals surface area contributed by atoms with E-state index in [-0.39, 0.29) is 23.2 Å². The van der Waals surface area contributed by atoms with Crippen molar-refractivity contribution in [3.8, 4) is 0 Å². The first-order chi connectivity index (χ1) is 18.0. The van der Waals surface area contributed by atoms with E-state index in [1.807, 2.05) is 42.5 Å². The monoisotopic (exact) mass is 493 g/mol. The van der Waals surface area contributed by atoms with Crippen LogP contribution < -0.4 is 5.32 Å². The summed E-state index contributed by atoms with van der Waals surface area (Å²) < 4.78 is 0. The molecular weight excluding hydrogens is 458 g/mol. The number of nitrogens with one attached hydrogen (secondary N) is 1. The van der Waals surface area contributed by atoms with E-state index in [2.05, 4.69) is 29.6 Å². The Morgan fingerprint density at radius 3 is 1.89 bits per heavy atom. The van der Waals surface area contributed by atoms with Crippen molar-refractivity contribution in [3.05, 3.63) is 89.0 Å². The minimum atomic E-state index is -0.837. The lowest BCUT2D eigenvalue weighted by atomic mass is 9.49. The molecule has 0 aliphatic heterocycles. The van der Waals surface area contributed by atoms with Gasteiger partial charge in [-0.1, -0.05) is 77.9 Å². The Morgan fingerprint density at radius 1 is 0.838 bits per heavy atom. The molecule has 8 rings (SSSR count). The van der Waals surface area contributed by atoms with Crippen molar-refractivity contribution in [3.63, 3.8) is 0 Å². The first-order valence-corrected chi connectivity index (χ1v) is 14.0. The Balaban J connectivity index is 1.21. The molecule has 0 saturated heterocycles. The maximum absolute atomic E-state index is 13.8. The lowest BCUT2D eigenvalue weighted by Gasteiger charge is -2.57. The van der Waals surface area contributed by atoms with Crippen molar-refractivity contribution in [2.45, 2.75) is 44.9 Å². The van der Waals surface area contributed by atoms with Crippen LogP contribution in [0.5, 0.6) is 0 Å². The molecular formula is C33H35NO3. The molecule has 0 radical (unpaired) electrons. The Kier molecular flexibility index (Phi) is 5.42. The second kappa shape index (κ2) is 8.72. The molecule has 4 nitrogen and oxygen atoms in total. The summed E-state index contributed by atoms with van der Waals surface area (Å²) in [4.78, 5) is 26.2. The number of allylic oxidation sites excluding steroid dienone is 1. The molecule has 4 heteroatoms. The zero-order valence-electron chi connectivity index (χ0n) is 21.2. The summed E-state index contributed by atoms with van der Waals surface area (Å²) in [5, 5.41) is 13.5. The Bertz CT molecular complexity index is 1210. The third-order valence-electron chi connectivity index (χ3n) is 10.2. The molecule has 2 aromatic rings. The van der Waals surface area contributed by atoms with Crippen LogP contribution in [0.3, 0.4) is 0 Å². The van der Waals surface area contributed by atoms with Crippen LogP contribution in [0.1, 0.15) is 56.1 Å². The van der Waals surface area contributed by atoms with Gasteiger partial charge in [0.15, 0.2) is 0 Å². The van der Waals surface area contributed by atoms with Crippen LogP contribution in [0.4, 0.5) is 0 Å². The van der Waals surface area contributed by atoms with E-state index in [9.17, 15) is 14.7 Å². The van der Waals surface area contributed by atoms with Crippen molar-refractivity contribution < 1.29 is 14.7 Å². The number of fused-ring (bicyclic) bond motifs is 2. The molecule has 1 unspecified atom stereocenters. The SMILES string of the molecule is O=C(NCC12CC3CC(CC(C3)C1)C2)C1C2=C[C@@H](C(=O)O)[C@@H]1C(=C(c1ccccc1)c1ccccc1)C2. The molecule has 5 fully saturated rings. The highest BCUT2D eigenvalue weighted by Crippen LogP contribution is 2.60. The van der Waals surface area contributed by atoms with Crippen LogP contribution in [0.25, 0.3) is 5.57 Å². The fraction of sp³-hybridized carbons (Fsp3) is 0.455. The van der Waals surface area contributed by atoms with Crippen LogP contribution in [0.15, 0.2) is 77.9 Å². The number of hydrogen-bond acceptors (Lipinski definition) is 2. The summed E-state index contributed by atoms with van der Waals surface area (Å²) in [6.07, 6.45) is 10.5. The molecule has 190 valence electrons. The number of carboxylic acids is 1. The van der Waals surface area contributed by atoms with Gasteiger partial charge in [0.1, 0.15) is 0 Å². The van der Waals surface area contributed by atoms with Gasteiger partial charge in [-0.3, -0.25) is 9.59 Å². The van der Waals surface area contributed by atoms with Gasteiger partial charge in [-0.15, -0.1) is 0 Å². The second-order valence-corrected chi connectivity index (χ2v) is 12.6. The summed E-state index contributed by atoms with van der Waals surface area (Å²) >= 11 is 0. The highest BCUT2D eigenvalue weighted by Gasteiger charge is 2.54. The number of amides is 1. The molecule has 0 heterocycles. The van der Waals surface area contributed by atoms with Gasteiger partial charge in [0, 0.05) is 12.5 Å². The Morgan fingerprint density at radius 2 is 1.38 bits per heavy atom. The molecule has 37 heavy (non-hydrogen) atoms. The molecule has 0 aromatic heterocycles. The summed E-state index contributed by atoms with van der Waals surface area (Å²) in [5.41, 5.74) is 5.58. The van der Waals surface area contributed by atoms with E-state index in [4.69, 9.17) is 0 Å². The quantitative estimate of drug-likeness (QED) is 0.478. The van der Waals surface area contributed by atoms with Crippen molar-refractivity contribution >= 4 is 17.4 Å². The van der Waals surface area contributed by atoms with Gasteiger partial charge in [0.2, 0.25) is 5.91 Å². The van der Waals surface area contributed by atoms with Crippen LogP contribution in [-0.2, 0) is 9.59 Å². The minimum absolute atomic E-state index is 0.0335. The molecule has 6 aliphatic rings. The number of rotatable bonds is 6. The topological polar surface area (TPSA) is 66.4 Å². The van der Waals surface area contributed by atoms with E-state index in [1.165, 1.54) is 38.5 Å². The first-order valence-electron chi connectivity index (χ1n) is 14.0. The van der Waals surface area contributed by atoms with Crippen molar-refractivity contribution in [1.82, 2.24) is 5.32 Å². The zero-order valence-corrected chi connectivity index (χ0v) is 21.2. The van der Waals surface area contributed by atoms with Gasteiger partial charge in [-0.05, 0) is 84.8 Å². The number of carbonyl (C=O) groups excluding carboxylic acids is 1. The normalized spacial score (nSPS) is 34.9. The summed E-state index contributed by atoms with van der Waals surface area (Å²) in [7, 11) is 0. The standard InChI is InChI=1S/C33H35NO3/c35-31(34-19-33-16-20-11-21(17-33)13-22(12-20)18-33)29-25-14-26(30(29)27(15-25)32(36)37)28(23-7-3-1-4-8-23)24-9-5-2-6-10-24/h1-10,15,20-22,27,29-30H,11-14,16-19H2,(H,34,35)(H,36,37)/t20?,21?,22?,27-,29?,30+,33?/m1/s1. The molecule has 5 saturated carbocycles. The number of aliphatic carboxylic acids is 1. The number of carboxylic acid groups (broad SMARTS) is 1. The molecule has 6 aliphatic carbocycles. The highest BCUT2D eigenvalue weighted by atomic mass is 16.4. The van der Waals surface area contributed by atoms with E-state index in [0.717, 1.165) is 52.1 Å². The summed E-state index contributed by atoms with van der Waals surface area (Å²) in [6, 6.07) is 20.5. The van der Waals surface area contributed by atoms with Gasteiger partial charge < -0.3 is 10.4 Å². The average Bonchev–Trinajstić information content (AvgIpc) is 3.44. The zero-order chi connectivity index (χ0) is 25.1. The maximum Gasteiger partial charge on any atom is 0.311 e. The van der Waals surface area contributed by atoms with Crippen molar-refractivity contribution in [1.29, 1.82) is 0 Å².